The van der Waals surface area contributed by atoms with Crippen molar-refractivity contribution >= 4 is 5.57 Å². The van der Waals surface area contributed by atoms with E-state index in [1.165, 1.54) is 0 Å². The molecular weight excluding hydrogens is 176 g/mol. The number of hydrogen-bond donors (Lipinski definition) is 1. The molecule has 0 saturated carbocycles. The number of nitrogens with zero attached hydrogens (tertiary/aromatic N) is 1. The molecule has 0 aromatic carbocycles. The van der Waals surface area contributed by atoms with Crippen molar-refractivity contribution in [2.45, 2.75) is 13.5 Å². The minimum Gasteiger partial charge on any atom is -0.359 e. The Labute approximate surface area is 83.6 Å². The highest BCUT2D eigenvalue weighted by Crippen LogP contribution is 2.15. The van der Waals surface area contributed by atoms with E-state index in [1.54, 1.807) is 6.08 Å². The van der Waals surface area contributed by atoms with Crippen molar-refractivity contribution in [2.75, 3.05) is 0 Å². The number of aromatic nitrogens is 1. The summed E-state index contributed by atoms with van der Waals surface area (Å²) in [5.74, 6) is 0.680. The van der Waals surface area contributed by atoms with E-state index >= 15 is 0 Å². The third-order valence-corrected chi connectivity index (χ3v) is 1.70. The van der Waals surface area contributed by atoms with Crippen LogP contribution in [-0.2, 0) is 6.54 Å². The molecule has 0 radical (unpaired) electrons. The topological polar surface area (TPSA) is 52.0 Å². The minimum absolute atomic E-state index is 0.365. The summed E-state index contributed by atoms with van der Waals surface area (Å²) >= 11 is 0. The third-order valence-electron chi connectivity index (χ3n) is 1.70. The first kappa shape index (κ1) is 10.5. The van der Waals surface area contributed by atoms with Gasteiger partial charge < -0.3 is 10.3 Å². The van der Waals surface area contributed by atoms with Crippen LogP contribution in [-0.4, -0.2) is 5.16 Å². The molecule has 2 N–H and O–H groups in total. The Morgan fingerprint density at radius 2 is 2.50 bits per heavy atom. The van der Waals surface area contributed by atoms with Gasteiger partial charge in [-0.25, -0.2) is 0 Å². The first-order valence-corrected chi connectivity index (χ1v) is 4.43. The fraction of sp³-hybridized carbons (Fsp3) is 0.182. The molecule has 0 fully saturated rings. The molecule has 1 heterocycles. The van der Waals surface area contributed by atoms with Crippen LogP contribution < -0.4 is 5.73 Å². The number of rotatable bonds is 4. The Morgan fingerprint density at radius 3 is 3.00 bits per heavy atom. The van der Waals surface area contributed by atoms with Gasteiger partial charge in [0, 0.05) is 11.6 Å². The lowest BCUT2D eigenvalue weighted by Crippen LogP contribution is -1.92. The normalized spacial score (nSPS) is 12.3. The molecule has 1 aromatic rings. The molecule has 0 amide bonds. The zero-order chi connectivity index (χ0) is 10.4. The van der Waals surface area contributed by atoms with Gasteiger partial charge >= 0.3 is 0 Å². The predicted octanol–water partition coefficient (Wildman–Crippen LogP) is 2.28. The van der Waals surface area contributed by atoms with Gasteiger partial charge in [-0.2, -0.15) is 0 Å². The van der Waals surface area contributed by atoms with Gasteiger partial charge in [-0.3, -0.25) is 0 Å². The molecule has 0 aliphatic rings. The van der Waals surface area contributed by atoms with Gasteiger partial charge in [-0.1, -0.05) is 36.0 Å². The van der Waals surface area contributed by atoms with E-state index in [2.05, 4.69) is 11.7 Å². The fourth-order valence-corrected chi connectivity index (χ4v) is 1.08. The lowest BCUT2D eigenvalue weighted by molar-refractivity contribution is 0.383. The van der Waals surface area contributed by atoms with Crippen LogP contribution in [0.3, 0.4) is 0 Å². The molecule has 1 rings (SSSR count). The van der Waals surface area contributed by atoms with Crippen LogP contribution in [0.15, 0.2) is 41.5 Å². The molecule has 0 saturated heterocycles. The van der Waals surface area contributed by atoms with Crippen LogP contribution in [0.4, 0.5) is 0 Å². The second-order valence-electron chi connectivity index (χ2n) is 2.74. The van der Waals surface area contributed by atoms with Crippen molar-refractivity contribution in [3.8, 4) is 0 Å². The summed E-state index contributed by atoms with van der Waals surface area (Å²) in [5, 5.41) is 3.90. The average molecular weight is 190 g/mol. The van der Waals surface area contributed by atoms with Crippen molar-refractivity contribution in [3.05, 3.63) is 48.4 Å². The Kier molecular flexibility index (Phi) is 3.88. The molecule has 74 valence electrons. The Morgan fingerprint density at radius 1 is 1.71 bits per heavy atom. The number of allylic oxidation sites excluding steroid dienone is 5. The monoisotopic (exact) mass is 190 g/mol. The van der Waals surface area contributed by atoms with Crippen LogP contribution in [0.2, 0.25) is 0 Å². The first-order valence-electron chi connectivity index (χ1n) is 4.43. The van der Waals surface area contributed by atoms with E-state index in [1.807, 2.05) is 31.2 Å². The number of hydrogen-bond acceptors (Lipinski definition) is 3. The van der Waals surface area contributed by atoms with Crippen LogP contribution in [0.25, 0.3) is 5.57 Å². The molecule has 0 unspecified atom stereocenters. The van der Waals surface area contributed by atoms with Gasteiger partial charge in [0.2, 0.25) is 0 Å². The molecular formula is C11H14N2O. The van der Waals surface area contributed by atoms with E-state index in [-0.39, 0.29) is 0 Å². The zero-order valence-corrected chi connectivity index (χ0v) is 8.23. The van der Waals surface area contributed by atoms with E-state index < -0.39 is 0 Å². The average Bonchev–Trinajstić information content (AvgIpc) is 2.65. The molecule has 1 aromatic heterocycles. The second-order valence-corrected chi connectivity index (χ2v) is 2.74. The zero-order valence-electron chi connectivity index (χ0n) is 8.23. The highest BCUT2D eigenvalue weighted by molar-refractivity contribution is 5.72. The van der Waals surface area contributed by atoms with E-state index in [4.69, 9.17) is 10.3 Å². The second kappa shape index (κ2) is 5.19. The molecule has 3 heteroatoms. The standard InChI is InChI=1S/C11H14N2O/c1-3-5-9(6-4-2)11-7-10(8-12)14-13-11/h3-7H,1,8,12H2,2H3/b6-4-,9-5+. The Bertz CT molecular complexity index is 361. The highest BCUT2D eigenvalue weighted by Gasteiger charge is 2.04. The molecule has 3 nitrogen and oxygen atoms in total. The quantitative estimate of drug-likeness (QED) is 0.741. The largest absolute Gasteiger partial charge is 0.359 e. The summed E-state index contributed by atoms with van der Waals surface area (Å²) < 4.78 is 5.00. The Balaban J connectivity index is 2.99. The summed E-state index contributed by atoms with van der Waals surface area (Å²) in [5.41, 5.74) is 7.16. The predicted molar refractivity (Wildman–Crippen MR) is 57.4 cm³/mol. The van der Waals surface area contributed by atoms with Crippen molar-refractivity contribution < 1.29 is 4.52 Å². The maximum Gasteiger partial charge on any atom is 0.150 e. The smallest absolute Gasteiger partial charge is 0.150 e. The van der Waals surface area contributed by atoms with Gasteiger partial charge in [0.25, 0.3) is 0 Å². The van der Waals surface area contributed by atoms with Crippen molar-refractivity contribution in [2.24, 2.45) is 5.73 Å². The van der Waals surface area contributed by atoms with E-state index in [9.17, 15) is 0 Å². The van der Waals surface area contributed by atoms with Gasteiger partial charge in [0.1, 0.15) is 5.69 Å². The highest BCUT2D eigenvalue weighted by atomic mass is 16.5. The summed E-state index contributed by atoms with van der Waals surface area (Å²) in [6.07, 6.45) is 7.47. The molecule has 14 heavy (non-hydrogen) atoms. The van der Waals surface area contributed by atoms with Gasteiger partial charge in [-0.15, -0.1) is 0 Å². The van der Waals surface area contributed by atoms with Gasteiger partial charge in [0.15, 0.2) is 5.76 Å². The summed E-state index contributed by atoms with van der Waals surface area (Å²) in [7, 11) is 0. The summed E-state index contributed by atoms with van der Waals surface area (Å²) in [6, 6.07) is 1.83. The van der Waals surface area contributed by atoms with Crippen LogP contribution in [0, 0.1) is 0 Å². The maximum absolute atomic E-state index is 5.42. The van der Waals surface area contributed by atoms with Crippen molar-refractivity contribution in [1.82, 2.24) is 5.16 Å². The Hall–Kier alpha value is -1.61. The summed E-state index contributed by atoms with van der Waals surface area (Å²) in [6.45, 7) is 5.95. The lowest BCUT2D eigenvalue weighted by Gasteiger charge is -1.92. The third kappa shape index (κ3) is 2.44. The van der Waals surface area contributed by atoms with Crippen LogP contribution >= 0.6 is 0 Å². The fourth-order valence-electron chi connectivity index (χ4n) is 1.08. The molecule has 0 spiro atoms. The summed E-state index contributed by atoms with van der Waals surface area (Å²) in [4.78, 5) is 0. The van der Waals surface area contributed by atoms with Gasteiger partial charge in [0.05, 0.1) is 6.54 Å². The number of nitrogens with two attached hydrogens (primary N) is 1. The molecule has 0 aliphatic heterocycles. The van der Waals surface area contributed by atoms with Crippen LogP contribution in [0.5, 0.6) is 0 Å². The van der Waals surface area contributed by atoms with Crippen LogP contribution in [0.1, 0.15) is 18.4 Å². The SMILES string of the molecule is C=C/C=C(\C=C/C)c1cc(CN)on1. The molecule has 0 atom stereocenters. The first-order chi connectivity index (χ1) is 6.81. The van der Waals surface area contributed by atoms with E-state index in [0.29, 0.717) is 12.3 Å². The van der Waals surface area contributed by atoms with Crippen molar-refractivity contribution in [3.63, 3.8) is 0 Å². The maximum atomic E-state index is 5.42. The van der Waals surface area contributed by atoms with Gasteiger partial charge in [-0.05, 0) is 6.92 Å². The molecule has 0 aliphatic carbocycles. The lowest BCUT2D eigenvalue weighted by atomic mass is 10.1. The minimum atomic E-state index is 0.365. The molecule has 0 bridgehead atoms. The van der Waals surface area contributed by atoms with E-state index in [0.717, 1.165) is 11.3 Å². The van der Waals surface area contributed by atoms with Crippen molar-refractivity contribution in [1.29, 1.82) is 0 Å².